The molecule has 0 aliphatic carbocycles. The lowest BCUT2D eigenvalue weighted by atomic mass is 10.2. The fourth-order valence-corrected chi connectivity index (χ4v) is 2.94. The molecule has 8 heteroatoms. The van der Waals surface area contributed by atoms with E-state index in [1.54, 1.807) is 25.5 Å². The van der Waals surface area contributed by atoms with E-state index in [1.807, 2.05) is 44.2 Å². The highest BCUT2D eigenvalue weighted by molar-refractivity contribution is 6.42. The smallest absolute Gasteiger partial charge is 0.243 e. The molecule has 0 aliphatic heterocycles. The minimum atomic E-state index is 0.340. The van der Waals surface area contributed by atoms with Crippen molar-refractivity contribution in [3.8, 4) is 11.5 Å². The van der Waals surface area contributed by atoms with Gasteiger partial charge in [0, 0.05) is 11.4 Å². The van der Waals surface area contributed by atoms with Crippen LogP contribution in [0.5, 0.6) is 11.5 Å². The minimum Gasteiger partial charge on any atom is -0.493 e. The first kappa shape index (κ1) is 20.9. The van der Waals surface area contributed by atoms with Crippen LogP contribution in [0.2, 0.25) is 10.0 Å². The molecule has 0 fully saturated rings. The summed E-state index contributed by atoms with van der Waals surface area (Å²) in [5.41, 5.74) is 6.33. The first-order valence-corrected chi connectivity index (χ1v) is 9.56. The number of hydrogen-bond acceptors (Lipinski definition) is 6. The van der Waals surface area contributed by atoms with Crippen molar-refractivity contribution < 1.29 is 9.47 Å². The second-order valence-corrected chi connectivity index (χ2v) is 7.11. The first-order valence-electron chi connectivity index (χ1n) is 8.81. The number of nitrogens with one attached hydrogen (secondary N) is 1. The van der Waals surface area contributed by atoms with Gasteiger partial charge >= 0.3 is 0 Å². The minimum absolute atomic E-state index is 0.340. The molecule has 0 saturated heterocycles. The third-order valence-corrected chi connectivity index (χ3v) is 4.67. The van der Waals surface area contributed by atoms with Gasteiger partial charge in [-0.3, -0.25) is 0 Å². The zero-order chi connectivity index (χ0) is 20.8. The first-order chi connectivity index (χ1) is 13.9. The maximum atomic E-state index is 6.04. The molecule has 29 heavy (non-hydrogen) atoms. The Morgan fingerprint density at radius 1 is 0.966 bits per heavy atom. The fraction of sp³-hybridized carbons (Fsp3) is 0.190. The Kier molecular flexibility index (Phi) is 6.90. The number of hydrazone groups is 1. The predicted molar refractivity (Wildman–Crippen MR) is 117 cm³/mol. The molecule has 0 spiro atoms. The number of aryl methyl sites for hydroxylation is 2. The lowest BCUT2D eigenvalue weighted by Gasteiger charge is -2.11. The standard InChI is InChI=1S/C21H20Cl2N4O2/c1-13-8-14(2)26-21(25-13)27-24-11-15-5-7-19(20(10-15)28-3)29-12-16-4-6-17(22)18(23)9-16/h4-11H,12H2,1-3H3,(H,25,26,27)/b24-11-. The molecule has 1 N–H and O–H groups in total. The van der Waals surface area contributed by atoms with Gasteiger partial charge in [-0.1, -0.05) is 29.3 Å². The number of nitrogens with zero attached hydrogens (tertiary/aromatic N) is 3. The number of benzene rings is 2. The molecule has 6 nitrogen and oxygen atoms in total. The highest BCUT2D eigenvalue weighted by Crippen LogP contribution is 2.29. The van der Waals surface area contributed by atoms with E-state index in [4.69, 9.17) is 32.7 Å². The van der Waals surface area contributed by atoms with Crippen molar-refractivity contribution in [1.29, 1.82) is 0 Å². The van der Waals surface area contributed by atoms with E-state index >= 15 is 0 Å². The van der Waals surface area contributed by atoms with Crippen molar-refractivity contribution in [3.05, 3.63) is 75.0 Å². The molecule has 0 saturated carbocycles. The zero-order valence-corrected chi connectivity index (χ0v) is 17.8. The monoisotopic (exact) mass is 430 g/mol. The van der Waals surface area contributed by atoms with Gasteiger partial charge in [0.1, 0.15) is 6.61 Å². The Labute approximate surface area is 179 Å². The summed E-state index contributed by atoms with van der Waals surface area (Å²) in [6.07, 6.45) is 1.66. The van der Waals surface area contributed by atoms with Crippen molar-refractivity contribution in [2.24, 2.45) is 5.10 Å². The van der Waals surface area contributed by atoms with Gasteiger partial charge in [0.25, 0.3) is 0 Å². The van der Waals surface area contributed by atoms with Crippen LogP contribution < -0.4 is 14.9 Å². The van der Waals surface area contributed by atoms with Gasteiger partial charge in [-0.2, -0.15) is 5.10 Å². The fourth-order valence-electron chi connectivity index (χ4n) is 2.61. The number of rotatable bonds is 7. The Balaban J connectivity index is 1.66. The molecule has 0 unspecified atom stereocenters. The quantitative estimate of drug-likeness (QED) is 0.399. The summed E-state index contributed by atoms with van der Waals surface area (Å²) in [4.78, 5) is 8.56. The number of aromatic nitrogens is 2. The molecule has 0 radical (unpaired) electrons. The van der Waals surface area contributed by atoms with Gasteiger partial charge in [-0.05, 0) is 61.4 Å². The Morgan fingerprint density at radius 3 is 2.41 bits per heavy atom. The van der Waals surface area contributed by atoms with Crippen molar-refractivity contribution in [3.63, 3.8) is 0 Å². The van der Waals surface area contributed by atoms with E-state index in [-0.39, 0.29) is 0 Å². The summed E-state index contributed by atoms with van der Waals surface area (Å²) in [7, 11) is 1.59. The second kappa shape index (κ2) is 9.58. The third-order valence-electron chi connectivity index (χ3n) is 3.93. The maximum Gasteiger partial charge on any atom is 0.243 e. The summed E-state index contributed by atoms with van der Waals surface area (Å²) in [6.45, 7) is 4.16. The van der Waals surface area contributed by atoms with Gasteiger partial charge in [0.05, 0.1) is 23.4 Å². The highest BCUT2D eigenvalue weighted by Gasteiger charge is 2.07. The summed E-state index contributed by atoms with van der Waals surface area (Å²) in [5, 5.41) is 5.19. The Morgan fingerprint density at radius 2 is 1.72 bits per heavy atom. The van der Waals surface area contributed by atoms with E-state index in [0.29, 0.717) is 34.1 Å². The molecule has 0 atom stereocenters. The summed E-state index contributed by atoms with van der Waals surface area (Å²) in [5.74, 6) is 1.66. The van der Waals surface area contributed by atoms with Gasteiger partial charge < -0.3 is 9.47 Å². The van der Waals surface area contributed by atoms with Crippen LogP contribution in [0.1, 0.15) is 22.5 Å². The van der Waals surface area contributed by atoms with Crippen molar-refractivity contribution in [2.75, 3.05) is 12.5 Å². The lowest BCUT2D eigenvalue weighted by molar-refractivity contribution is 0.284. The van der Waals surface area contributed by atoms with Gasteiger partial charge in [-0.25, -0.2) is 15.4 Å². The molecule has 1 aromatic heterocycles. The molecule has 2 aromatic carbocycles. The topological polar surface area (TPSA) is 68.6 Å². The van der Waals surface area contributed by atoms with E-state index in [9.17, 15) is 0 Å². The number of ether oxygens (including phenoxy) is 2. The van der Waals surface area contributed by atoms with Crippen LogP contribution in [0.4, 0.5) is 5.95 Å². The van der Waals surface area contributed by atoms with Crippen molar-refractivity contribution in [1.82, 2.24) is 9.97 Å². The molecular formula is C21H20Cl2N4O2. The Hall–Kier alpha value is -2.83. The molecular weight excluding hydrogens is 411 g/mol. The number of methoxy groups -OCH3 is 1. The van der Waals surface area contributed by atoms with E-state index in [2.05, 4.69) is 20.5 Å². The van der Waals surface area contributed by atoms with Gasteiger partial charge in [0.2, 0.25) is 5.95 Å². The third kappa shape index (κ3) is 5.82. The zero-order valence-electron chi connectivity index (χ0n) is 16.2. The van der Waals surface area contributed by atoms with Crippen LogP contribution in [0.3, 0.4) is 0 Å². The van der Waals surface area contributed by atoms with Crippen LogP contribution in [-0.2, 0) is 6.61 Å². The maximum absolute atomic E-state index is 6.04. The molecule has 3 aromatic rings. The molecule has 0 bridgehead atoms. The molecule has 1 heterocycles. The van der Waals surface area contributed by atoms with Crippen LogP contribution in [0.15, 0.2) is 47.6 Å². The van der Waals surface area contributed by atoms with Crippen LogP contribution in [0.25, 0.3) is 0 Å². The molecule has 0 amide bonds. The SMILES string of the molecule is COc1cc(/C=N\Nc2nc(C)cc(C)n2)ccc1OCc1ccc(Cl)c(Cl)c1. The van der Waals surface area contributed by atoms with E-state index < -0.39 is 0 Å². The average Bonchev–Trinajstić information content (AvgIpc) is 2.68. The van der Waals surface area contributed by atoms with Crippen LogP contribution in [0, 0.1) is 13.8 Å². The molecule has 3 rings (SSSR count). The molecule has 150 valence electrons. The van der Waals surface area contributed by atoms with E-state index in [0.717, 1.165) is 22.5 Å². The normalized spacial score (nSPS) is 10.9. The number of hydrogen-bond donors (Lipinski definition) is 1. The summed E-state index contributed by atoms with van der Waals surface area (Å²) < 4.78 is 11.3. The molecule has 0 aliphatic rings. The highest BCUT2D eigenvalue weighted by atomic mass is 35.5. The predicted octanol–water partition coefficient (Wildman–Crippen LogP) is 5.43. The number of halogens is 2. The summed E-state index contributed by atoms with van der Waals surface area (Å²) in [6, 6.07) is 12.8. The average molecular weight is 431 g/mol. The largest absolute Gasteiger partial charge is 0.493 e. The van der Waals surface area contributed by atoms with Crippen molar-refractivity contribution in [2.45, 2.75) is 20.5 Å². The second-order valence-electron chi connectivity index (χ2n) is 6.29. The van der Waals surface area contributed by atoms with E-state index in [1.165, 1.54) is 0 Å². The van der Waals surface area contributed by atoms with Crippen LogP contribution in [-0.4, -0.2) is 23.3 Å². The Bertz CT molecular complexity index is 1020. The van der Waals surface area contributed by atoms with Gasteiger partial charge in [-0.15, -0.1) is 0 Å². The van der Waals surface area contributed by atoms with Crippen molar-refractivity contribution >= 4 is 35.4 Å². The lowest BCUT2D eigenvalue weighted by Crippen LogP contribution is -2.00. The number of anilines is 1. The van der Waals surface area contributed by atoms with Gasteiger partial charge in [0.15, 0.2) is 11.5 Å². The summed E-state index contributed by atoms with van der Waals surface area (Å²) >= 11 is 12.0. The van der Waals surface area contributed by atoms with Crippen LogP contribution >= 0.6 is 23.2 Å².